The molecule has 9 N–H and O–H groups in total. The Balaban J connectivity index is 1.07. The number of fused-ring (bicyclic) bond motifs is 5. The number of benzene rings is 1. The molecule has 0 aliphatic heterocycles. The third-order valence-electron chi connectivity index (χ3n) is 14.5. The Bertz CT molecular complexity index is 1610. The van der Waals surface area contributed by atoms with E-state index in [0.29, 0.717) is 49.9 Å². The molecule has 3 fully saturated rings. The van der Waals surface area contributed by atoms with Gasteiger partial charge in [0, 0.05) is 25.7 Å². The van der Waals surface area contributed by atoms with Gasteiger partial charge in [0.05, 0.1) is 12.1 Å². The van der Waals surface area contributed by atoms with Gasteiger partial charge in [-0.2, -0.15) is 0 Å². The van der Waals surface area contributed by atoms with Crippen molar-refractivity contribution in [3.63, 3.8) is 0 Å². The van der Waals surface area contributed by atoms with E-state index in [2.05, 4.69) is 61.0 Å². The predicted octanol–water partition coefficient (Wildman–Crippen LogP) is 7.26. The Kier molecular flexibility index (Phi) is 15.7. The predicted molar refractivity (Wildman–Crippen MR) is 233 cm³/mol. The Morgan fingerprint density at radius 3 is 2.33 bits per heavy atom. The first-order valence-electron chi connectivity index (χ1n) is 22.1. The van der Waals surface area contributed by atoms with Crippen LogP contribution in [0.3, 0.4) is 0 Å². The van der Waals surface area contributed by atoms with Crippen LogP contribution in [-0.4, -0.2) is 61.8 Å². The summed E-state index contributed by atoms with van der Waals surface area (Å²) in [5.41, 5.74) is 25.5. The lowest BCUT2D eigenvalue weighted by Crippen LogP contribution is -2.51. The first kappa shape index (κ1) is 44.2. The minimum absolute atomic E-state index is 0.0418. The van der Waals surface area contributed by atoms with Gasteiger partial charge in [-0.1, -0.05) is 84.1 Å². The summed E-state index contributed by atoms with van der Waals surface area (Å²) in [5, 5.41) is 2.85. The number of hydrogen-bond donors (Lipinski definition) is 5. The van der Waals surface area contributed by atoms with E-state index in [4.69, 9.17) is 27.7 Å². The van der Waals surface area contributed by atoms with Crippen molar-refractivity contribution in [2.45, 2.75) is 143 Å². The van der Waals surface area contributed by atoms with Gasteiger partial charge in [0.15, 0.2) is 11.9 Å². The number of guanidine groups is 2. The number of nitrogens with zero attached hydrogens (tertiary/aromatic N) is 3. The van der Waals surface area contributed by atoms with Gasteiger partial charge in [-0.25, -0.2) is 9.79 Å². The lowest BCUT2D eigenvalue weighted by atomic mass is 9.47. The van der Waals surface area contributed by atoms with Crippen molar-refractivity contribution in [2.24, 2.45) is 84.2 Å². The number of esters is 1. The van der Waals surface area contributed by atoms with Crippen LogP contribution in [0.25, 0.3) is 0 Å². The highest BCUT2D eigenvalue weighted by Gasteiger charge is 2.59. The van der Waals surface area contributed by atoms with Gasteiger partial charge in [0.2, 0.25) is 5.91 Å². The molecule has 0 radical (unpaired) electrons. The molecule has 4 aliphatic carbocycles. The average molecular weight is 787 g/mol. The van der Waals surface area contributed by atoms with E-state index in [0.717, 1.165) is 60.3 Å². The summed E-state index contributed by atoms with van der Waals surface area (Å²) in [4.78, 5) is 38.5. The minimum atomic E-state index is -0.688. The largest absolute Gasteiger partial charge is 0.458 e. The zero-order chi connectivity index (χ0) is 41.2. The molecule has 1 amide bonds. The lowest BCUT2D eigenvalue weighted by Gasteiger charge is -2.58. The number of amides is 1. The molecule has 3 saturated carbocycles. The summed E-state index contributed by atoms with van der Waals surface area (Å²) < 4.78 is 6.16. The SMILES string of the molecule is CC(C)CCCCC(C)C1CCC2C3CC=C4CC(OC(=O)c5ccc(C=NCCNC(=O)C(CCCCN=C(N)N)N=C(N)N)cc5)CCC4(C)C3CCC12C. The number of hydrogen-bond acceptors (Lipinski definition) is 6. The minimum Gasteiger partial charge on any atom is -0.458 e. The van der Waals surface area contributed by atoms with Crippen molar-refractivity contribution in [2.75, 3.05) is 19.6 Å². The summed E-state index contributed by atoms with van der Waals surface area (Å²) in [6, 6.07) is 6.66. The highest BCUT2D eigenvalue weighted by molar-refractivity contribution is 5.91. The van der Waals surface area contributed by atoms with Gasteiger partial charge in [0.1, 0.15) is 12.1 Å². The standard InChI is InChI=1S/C46H74N8O3/c1-30(2)10-6-7-11-31(3)37-19-20-38-36-18-17-34-28-35(21-23-45(34,4)39(36)22-24-46(37,38)5)57-42(56)33-15-13-32(14-16-33)29-51-26-27-52-41(55)40(54-44(49)50)12-8-9-25-53-43(47)48/h13-17,29-31,35-40H,6-12,18-28H2,1-5H3,(H,52,55)(H4,47,48,53)(H4,49,50,54). The molecule has 11 nitrogen and oxygen atoms in total. The number of ether oxygens (including phenoxy) is 1. The molecule has 1 aromatic rings. The molecule has 0 aromatic heterocycles. The average Bonchev–Trinajstić information content (AvgIpc) is 3.53. The molecule has 1 aromatic carbocycles. The number of allylic oxidation sites excluding steroid dienone is 1. The molecule has 0 saturated heterocycles. The lowest BCUT2D eigenvalue weighted by molar-refractivity contribution is -0.122. The number of carbonyl (C=O) groups is 2. The fourth-order valence-electron chi connectivity index (χ4n) is 11.5. The molecule has 5 rings (SSSR count). The number of carbonyl (C=O) groups excluding carboxylic acids is 2. The molecular formula is C46H74N8O3. The Labute approximate surface area is 342 Å². The summed E-state index contributed by atoms with van der Waals surface area (Å²) in [7, 11) is 0. The highest BCUT2D eigenvalue weighted by atomic mass is 16.5. The molecule has 0 heterocycles. The van der Waals surface area contributed by atoms with Crippen LogP contribution in [0.2, 0.25) is 0 Å². The Hall–Kier alpha value is -3.89. The molecule has 0 spiro atoms. The maximum absolute atomic E-state index is 13.3. The molecule has 0 bridgehead atoms. The zero-order valence-corrected chi connectivity index (χ0v) is 35.7. The van der Waals surface area contributed by atoms with Crippen molar-refractivity contribution in [3.8, 4) is 0 Å². The van der Waals surface area contributed by atoms with Gasteiger partial charge in [0.25, 0.3) is 0 Å². The molecular weight excluding hydrogens is 713 g/mol. The van der Waals surface area contributed by atoms with Gasteiger partial charge in [-0.05, 0) is 128 Å². The van der Waals surface area contributed by atoms with E-state index >= 15 is 0 Å². The van der Waals surface area contributed by atoms with Crippen LogP contribution in [0, 0.1) is 46.3 Å². The van der Waals surface area contributed by atoms with Gasteiger partial charge < -0.3 is 33.0 Å². The molecule has 316 valence electrons. The zero-order valence-electron chi connectivity index (χ0n) is 35.7. The van der Waals surface area contributed by atoms with E-state index in [1.165, 1.54) is 57.8 Å². The van der Waals surface area contributed by atoms with Crippen molar-refractivity contribution in [1.82, 2.24) is 5.32 Å². The van der Waals surface area contributed by atoms with Crippen molar-refractivity contribution in [1.29, 1.82) is 0 Å². The van der Waals surface area contributed by atoms with E-state index in [1.807, 2.05) is 12.1 Å². The first-order chi connectivity index (χ1) is 27.2. The van der Waals surface area contributed by atoms with Crippen molar-refractivity contribution < 1.29 is 14.3 Å². The maximum Gasteiger partial charge on any atom is 0.338 e. The number of aliphatic imine (C=N–C) groups is 3. The van der Waals surface area contributed by atoms with E-state index in [9.17, 15) is 9.59 Å². The second kappa shape index (κ2) is 20.2. The number of nitrogens with one attached hydrogen (secondary N) is 1. The van der Waals surface area contributed by atoms with Crippen LogP contribution in [0.1, 0.15) is 147 Å². The summed E-state index contributed by atoms with van der Waals surface area (Å²) in [5.74, 6) is 4.29. The maximum atomic E-state index is 13.3. The number of nitrogens with two attached hydrogens (primary N) is 4. The second-order valence-electron chi connectivity index (χ2n) is 18.7. The fourth-order valence-corrected chi connectivity index (χ4v) is 11.5. The fraction of sp³-hybridized carbons (Fsp3) is 0.717. The Morgan fingerprint density at radius 1 is 0.877 bits per heavy atom. The van der Waals surface area contributed by atoms with Crippen LogP contribution in [-0.2, 0) is 9.53 Å². The quantitative estimate of drug-likeness (QED) is 0.0320. The second-order valence-corrected chi connectivity index (χ2v) is 18.7. The van der Waals surface area contributed by atoms with Crippen LogP contribution in [0.15, 0.2) is 50.9 Å². The molecule has 11 heteroatoms. The summed E-state index contributed by atoms with van der Waals surface area (Å²) in [6.45, 7) is 13.7. The summed E-state index contributed by atoms with van der Waals surface area (Å²) in [6.07, 6.45) is 21.3. The normalized spacial score (nSPS) is 29.0. The van der Waals surface area contributed by atoms with E-state index in [1.54, 1.807) is 23.9 Å². The van der Waals surface area contributed by atoms with Gasteiger partial charge in [-0.3, -0.25) is 14.8 Å². The Morgan fingerprint density at radius 2 is 1.61 bits per heavy atom. The number of rotatable bonds is 19. The monoisotopic (exact) mass is 787 g/mol. The van der Waals surface area contributed by atoms with Crippen LogP contribution >= 0.6 is 0 Å². The van der Waals surface area contributed by atoms with Crippen LogP contribution in [0.4, 0.5) is 0 Å². The smallest absolute Gasteiger partial charge is 0.338 e. The molecule has 57 heavy (non-hydrogen) atoms. The van der Waals surface area contributed by atoms with Crippen LogP contribution in [0.5, 0.6) is 0 Å². The van der Waals surface area contributed by atoms with Gasteiger partial charge in [-0.15, -0.1) is 0 Å². The molecule has 9 atom stereocenters. The van der Waals surface area contributed by atoms with Gasteiger partial charge >= 0.3 is 5.97 Å². The third kappa shape index (κ3) is 11.4. The van der Waals surface area contributed by atoms with Crippen molar-refractivity contribution in [3.05, 3.63) is 47.0 Å². The first-order valence-corrected chi connectivity index (χ1v) is 22.1. The molecule has 4 aliphatic rings. The third-order valence-corrected chi connectivity index (χ3v) is 14.5. The highest BCUT2D eigenvalue weighted by Crippen LogP contribution is 2.67. The number of unbranched alkanes of at least 4 members (excludes halogenated alkanes) is 2. The van der Waals surface area contributed by atoms with Crippen molar-refractivity contribution >= 4 is 30.0 Å². The molecule has 9 unspecified atom stereocenters. The summed E-state index contributed by atoms with van der Waals surface area (Å²) >= 11 is 0. The van der Waals surface area contributed by atoms with E-state index < -0.39 is 6.04 Å². The van der Waals surface area contributed by atoms with E-state index in [-0.39, 0.29) is 35.3 Å². The van der Waals surface area contributed by atoms with Crippen LogP contribution < -0.4 is 28.3 Å². The topological polar surface area (TPSA) is 197 Å².